The summed E-state index contributed by atoms with van der Waals surface area (Å²) >= 11 is 0. The molecule has 0 aliphatic carbocycles. The zero-order chi connectivity index (χ0) is 16.4. The van der Waals surface area contributed by atoms with Gasteiger partial charge in [0.1, 0.15) is 5.75 Å². The molecule has 1 aliphatic heterocycles. The molecule has 2 aromatic carbocycles. The summed E-state index contributed by atoms with van der Waals surface area (Å²) in [5.74, 6) is 2.09. The quantitative estimate of drug-likeness (QED) is 0.796. The zero-order valence-electron chi connectivity index (χ0n) is 13.3. The SMILES string of the molecule is COc1ccc(Nc2cnnc(N3CCc4ccccc43)n2)cc1. The second-order valence-electron chi connectivity index (χ2n) is 5.53. The molecule has 6 nitrogen and oxygen atoms in total. The summed E-state index contributed by atoms with van der Waals surface area (Å²) in [7, 11) is 1.65. The van der Waals surface area contributed by atoms with Crippen molar-refractivity contribution < 1.29 is 4.74 Å². The van der Waals surface area contributed by atoms with Crippen LogP contribution in [0.1, 0.15) is 5.56 Å². The first-order valence-corrected chi connectivity index (χ1v) is 7.80. The second kappa shape index (κ2) is 6.16. The maximum absolute atomic E-state index is 5.17. The minimum Gasteiger partial charge on any atom is -0.497 e. The van der Waals surface area contributed by atoms with E-state index >= 15 is 0 Å². The number of para-hydroxylation sites is 1. The Balaban J connectivity index is 1.58. The topological polar surface area (TPSA) is 63.2 Å². The van der Waals surface area contributed by atoms with Gasteiger partial charge in [-0.05, 0) is 42.3 Å². The Hall–Kier alpha value is -3.15. The number of hydrogen-bond acceptors (Lipinski definition) is 6. The summed E-state index contributed by atoms with van der Waals surface area (Å²) in [5.41, 5.74) is 3.39. The largest absolute Gasteiger partial charge is 0.497 e. The average molecular weight is 319 g/mol. The summed E-state index contributed by atoms with van der Waals surface area (Å²) < 4.78 is 5.17. The summed E-state index contributed by atoms with van der Waals surface area (Å²) in [6.45, 7) is 0.868. The fourth-order valence-corrected chi connectivity index (χ4v) is 2.84. The molecule has 0 atom stereocenters. The fraction of sp³-hybridized carbons (Fsp3) is 0.167. The van der Waals surface area contributed by atoms with Crippen molar-refractivity contribution in [3.8, 4) is 5.75 Å². The third-order valence-corrected chi connectivity index (χ3v) is 4.04. The van der Waals surface area contributed by atoms with Gasteiger partial charge in [0.15, 0.2) is 5.82 Å². The Morgan fingerprint density at radius 2 is 1.92 bits per heavy atom. The highest BCUT2D eigenvalue weighted by atomic mass is 16.5. The van der Waals surface area contributed by atoms with Gasteiger partial charge in [-0.25, -0.2) is 0 Å². The first kappa shape index (κ1) is 14.4. The Kier molecular flexibility index (Phi) is 3.70. The van der Waals surface area contributed by atoms with Crippen LogP contribution in [0.3, 0.4) is 0 Å². The number of ether oxygens (including phenoxy) is 1. The van der Waals surface area contributed by atoms with E-state index in [9.17, 15) is 0 Å². The Labute approximate surface area is 140 Å². The standard InChI is InChI=1S/C18H17N5O/c1-24-15-8-6-14(7-9-15)20-17-12-19-22-18(21-17)23-11-10-13-4-2-3-5-16(13)23/h2-9,12H,10-11H2,1H3,(H,20,21,22). The van der Waals surface area contributed by atoms with Gasteiger partial charge in [0.2, 0.25) is 0 Å². The zero-order valence-corrected chi connectivity index (χ0v) is 13.3. The van der Waals surface area contributed by atoms with Crippen LogP contribution in [0, 0.1) is 0 Å². The van der Waals surface area contributed by atoms with Crippen LogP contribution in [0.2, 0.25) is 0 Å². The third-order valence-electron chi connectivity index (χ3n) is 4.04. The minimum absolute atomic E-state index is 0.610. The minimum atomic E-state index is 0.610. The van der Waals surface area contributed by atoms with Crippen LogP contribution in [-0.4, -0.2) is 28.8 Å². The first-order chi connectivity index (χ1) is 11.8. The lowest BCUT2D eigenvalue weighted by Gasteiger charge is -2.17. The summed E-state index contributed by atoms with van der Waals surface area (Å²) in [4.78, 5) is 6.70. The lowest BCUT2D eigenvalue weighted by atomic mass is 10.2. The number of benzene rings is 2. The third kappa shape index (κ3) is 2.74. The lowest BCUT2D eigenvalue weighted by Crippen LogP contribution is -2.17. The number of fused-ring (bicyclic) bond motifs is 1. The van der Waals surface area contributed by atoms with E-state index in [-0.39, 0.29) is 0 Å². The molecule has 120 valence electrons. The predicted octanol–water partition coefficient (Wildman–Crippen LogP) is 3.32. The van der Waals surface area contributed by atoms with Crippen molar-refractivity contribution in [1.29, 1.82) is 0 Å². The van der Waals surface area contributed by atoms with Crippen LogP contribution in [-0.2, 0) is 6.42 Å². The van der Waals surface area contributed by atoms with Crippen molar-refractivity contribution in [2.24, 2.45) is 0 Å². The van der Waals surface area contributed by atoms with Crippen LogP contribution in [0.25, 0.3) is 0 Å². The van der Waals surface area contributed by atoms with Gasteiger partial charge in [-0.1, -0.05) is 18.2 Å². The van der Waals surface area contributed by atoms with Gasteiger partial charge in [0.25, 0.3) is 5.95 Å². The summed E-state index contributed by atoms with van der Waals surface area (Å²) in [6.07, 6.45) is 2.62. The van der Waals surface area contributed by atoms with Crippen LogP contribution in [0.15, 0.2) is 54.7 Å². The van der Waals surface area contributed by atoms with Gasteiger partial charge in [-0.15, -0.1) is 5.10 Å². The molecule has 3 aromatic rings. The van der Waals surface area contributed by atoms with Gasteiger partial charge >= 0.3 is 0 Å². The Bertz CT molecular complexity index is 850. The van der Waals surface area contributed by atoms with Crippen LogP contribution >= 0.6 is 0 Å². The number of aromatic nitrogens is 3. The summed E-state index contributed by atoms with van der Waals surface area (Å²) in [5, 5.41) is 11.5. The maximum Gasteiger partial charge on any atom is 0.251 e. The van der Waals surface area contributed by atoms with Gasteiger partial charge in [0.05, 0.1) is 13.3 Å². The van der Waals surface area contributed by atoms with Crippen molar-refractivity contribution in [3.05, 3.63) is 60.3 Å². The van der Waals surface area contributed by atoms with E-state index in [2.05, 4.69) is 43.6 Å². The van der Waals surface area contributed by atoms with Crippen LogP contribution in [0.5, 0.6) is 5.75 Å². The lowest BCUT2D eigenvalue weighted by molar-refractivity contribution is 0.415. The highest BCUT2D eigenvalue weighted by Gasteiger charge is 2.22. The molecule has 0 bridgehead atoms. The van der Waals surface area contributed by atoms with E-state index in [1.165, 1.54) is 5.56 Å². The molecule has 0 unspecified atom stereocenters. The van der Waals surface area contributed by atoms with Crippen molar-refractivity contribution >= 4 is 23.1 Å². The molecule has 2 heterocycles. The molecule has 1 N–H and O–H groups in total. The molecule has 0 saturated heterocycles. The molecule has 0 saturated carbocycles. The fourth-order valence-electron chi connectivity index (χ4n) is 2.84. The Morgan fingerprint density at radius 3 is 2.75 bits per heavy atom. The van der Waals surface area contributed by atoms with Crippen LogP contribution in [0.4, 0.5) is 23.1 Å². The van der Waals surface area contributed by atoms with Gasteiger partial charge in [-0.2, -0.15) is 10.1 Å². The average Bonchev–Trinajstić information content (AvgIpc) is 3.07. The van der Waals surface area contributed by atoms with E-state index in [4.69, 9.17) is 4.74 Å². The first-order valence-electron chi connectivity index (χ1n) is 7.80. The van der Waals surface area contributed by atoms with E-state index < -0.39 is 0 Å². The highest BCUT2D eigenvalue weighted by Crippen LogP contribution is 2.32. The van der Waals surface area contributed by atoms with Crippen LogP contribution < -0.4 is 15.0 Å². The Morgan fingerprint density at radius 1 is 1.08 bits per heavy atom. The number of anilines is 4. The number of hydrogen-bond donors (Lipinski definition) is 1. The van der Waals surface area contributed by atoms with Gasteiger partial charge in [-0.3, -0.25) is 0 Å². The predicted molar refractivity (Wildman–Crippen MR) is 93.3 cm³/mol. The van der Waals surface area contributed by atoms with Gasteiger partial charge < -0.3 is 15.0 Å². The number of methoxy groups -OCH3 is 1. The van der Waals surface area contributed by atoms with Crippen molar-refractivity contribution in [2.45, 2.75) is 6.42 Å². The second-order valence-corrected chi connectivity index (χ2v) is 5.53. The molecule has 24 heavy (non-hydrogen) atoms. The highest BCUT2D eigenvalue weighted by molar-refractivity contribution is 5.66. The molecule has 6 heteroatoms. The molecule has 1 aliphatic rings. The molecule has 0 amide bonds. The monoisotopic (exact) mass is 319 g/mol. The van der Waals surface area contributed by atoms with Crippen molar-refractivity contribution in [1.82, 2.24) is 15.2 Å². The van der Waals surface area contributed by atoms with Crippen molar-refractivity contribution in [3.63, 3.8) is 0 Å². The normalized spacial score (nSPS) is 12.8. The summed E-state index contributed by atoms with van der Waals surface area (Å²) in [6, 6.07) is 16.0. The van der Waals surface area contributed by atoms with E-state index in [1.807, 2.05) is 30.3 Å². The molecular formula is C18H17N5O. The molecular weight excluding hydrogens is 302 g/mol. The van der Waals surface area contributed by atoms with Crippen molar-refractivity contribution in [2.75, 3.05) is 23.9 Å². The maximum atomic E-state index is 5.17. The molecule has 0 radical (unpaired) electrons. The smallest absolute Gasteiger partial charge is 0.251 e. The van der Waals surface area contributed by atoms with E-state index in [1.54, 1.807) is 13.3 Å². The molecule has 4 rings (SSSR count). The molecule has 1 aromatic heterocycles. The van der Waals surface area contributed by atoms with E-state index in [0.29, 0.717) is 11.8 Å². The molecule has 0 fully saturated rings. The number of nitrogens with zero attached hydrogens (tertiary/aromatic N) is 4. The van der Waals surface area contributed by atoms with E-state index in [0.717, 1.165) is 30.1 Å². The number of nitrogens with one attached hydrogen (secondary N) is 1. The van der Waals surface area contributed by atoms with Gasteiger partial charge in [0, 0.05) is 17.9 Å². The molecule has 0 spiro atoms. The number of rotatable bonds is 4.